The third kappa shape index (κ3) is 1.84. The lowest BCUT2D eigenvalue weighted by atomic mass is 10.2. The van der Waals surface area contributed by atoms with E-state index in [-0.39, 0.29) is 11.8 Å². The lowest BCUT2D eigenvalue weighted by Crippen LogP contribution is -2.47. The van der Waals surface area contributed by atoms with Crippen molar-refractivity contribution in [2.24, 2.45) is 0 Å². The van der Waals surface area contributed by atoms with Gasteiger partial charge in [0.15, 0.2) is 6.23 Å². The average Bonchev–Trinajstić information content (AvgIpc) is 2.93. The number of carbonyl (C=O) groups excluding carboxylic acids is 2. The molecule has 1 N–H and O–H groups in total. The lowest BCUT2D eigenvalue weighted by Gasteiger charge is -2.29. The van der Waals surface area contributed by atoms with Crippen LogP contribution in [0.25, 0.3) is 0 Å². The van der Waals surface area contributed by atoms with Gasteiger partial charge < -0.3 is 4.90 Å². The van der Waals surface area contributed by atoms with E-state index in [0.717, 1.165) is 9.90 Å². The van der Waals surface area contributed by atoms with Crippen molar-refractivity contribution in [3.05, 3.63) is 16.5 Å². The van der Waals surface area contributed by atoms with Crippen LogP contribution in [-0.2, 0) is 9.68 Å². The fourth-order valence-corrected chi connectivity index (χ4v) is 3.15. The third-order valence-corrected chi connectivity index (χ3v) is 4.20. The molecule has 2 aliphatic rings. The summed E-state index contributed by atoms with van der Waals surface area (Å²) in [6, 6.07) is 0. The van der Waals surface area contributed by atoms with E-state index in [9.17, 15) is 9.59 Å². The highest BCUT2D eigenvalue weighted by Gasteiger charge is 2.44. The molecule has 0 radical (unpaired) electrons. The van der Waals surface area contributed by atoms with Crippen molar-refractivity contribution in [2.45, 2.75) is 12.6 Å². The summed E-state index contributed by atoms with van der Waals surface area (Å²) in [6.07, 6.45) is -0.170. The summed E-state index contributed by atoms with van der Waals surface area (Å²) in [7, 11) is 3.69. The predicted octanol–water partition coefficient (Wildman–Crippen LogP) is 0.593. The van der Waals surface area contributed by atoms with Crippen LogP contribution in [0.2, 0.25) is 0 Å². The van der Waals surface area contributed by atoms with Gasteiger partial charge in [0.2, 0.25) is 0 Å². The van der Waals surface area contributed by atoms with Gasteiger partial charge in [-0.1, -0.05) is 5.64 Å². The van der Waals surface area contributed by atoms with Gasteiger partial charge in [0.25, 0.3) is 11.8 Å². The standard InChI is InChI=1S/C11H13N3O4S/c1-13(2)11-8-6(5-19-11)9(15)14(10(8)16)7-3-4-17-12-18-7/h5,7,12H,3-4H2,1-2H3. The molecule has 0 spiro atoms. The van der Waals surface area contributed by atoms with E-state index in [1.54, 1.807) is 5.38 Å². The molecule has 3 rings (SSSR count). The highest BCUT2D eigenvalue weighted by Crippen LogP contribution is 2.37. The van der Waals surface area contributed by atoms with Crippen molar-refractivity contribution in [1.29, 1.82) is 0 Å². The summed E-state index contributed by atoms with van der Waals surface area (Å²) in [5.74, 6) is -0.614. The molecule has 19 heavy (non-hydrogen) atoms. The van der Waals surface area contributed by atoms with Crippen molar-refractivity contribution in [3.63, 3.8) is 0 Å². The number of carbonyl (C=O) groups is 2. The van der Waals surface area contributed by atoms with Gasteiger partial charge in [-0.15, -0.1) is 11.3 Å². The number of nitrogens with zero attached hydrogens (tertiary/aromatic N) is 2. The summed E-state index contributed by atoms with van der Waals surface area (Å²) in [6.45, 7) is 0.384. The number of anilines is 1. The Bertz CT molecular complexity index is 536. The normalized spacial score (nSPS) is 22.8. The molecule has 1 aromatic rings. The van der Waals surface area contributed by atoms with Crippen LogP contribution in [0.5, 0.6) is 0 Å². The summed E-state index contributed by atoms with van der Waals surface area (Å²) >= 11 is 1.39. The SMILES string of the molecule is CN(C)c1scc2c1C(=O)N(C1CCONO1)C2=O. The van der Waals surface area contributed by atoms with E-state index in [1.807, 2.05) is 19.0 Å². The van der Waals surface area contributed by atoms with Crippen molar-refractivity contribution >= 4 is 28.2 Å². The molecule has 2 amide bonds. The molecule has 8 heteroatoms. The van der Waals surface area contributed by atoms with Gasteiger partial charge in [-0.05, 0) is 0 Å². The van der Waals surface area contributed by atoms with Crippen LogP contribution in [-0.4, -0.2) is 43.6 Å². The van der Waals surface area contributed by atoms with Gasteiger partial charge in [0.05, 0.1) is 17.7 Å². The molecule has 0 aliphatic carbocycles. The fourth-order valence-electron chi connectivity index (χ4n) is 2.18. The number of rotatable bonds is 2. The summed E-state index contributed by atoms with van der Waals surface area (Å²) < 4.78 is 0. The molecule has 1 aromatic heterocycles. The molecular formula is C11H13N3O4S. The van der Waals surface area contributed by atoms with E-state index < -0.39 is 6.23 Å². The molecule has 7 nitrogen and oxygen atoms in total. The van der Waals surface area contributed by atoms with Crippen LogP contribution in [0.15, 0.2) is 5.38 Å². The molecule has 1 fully saturated rings. The highest BCUT2D eigenvalue weighted by atomic mass is 32.1. The Balaban J connectivity index is 1.95. The van der Waals surface area contributed by atoms with E-state index in [1.165, 1.54) is 11.3 Å². The van der Waals surface area contributed by atoms with Crippen LogP contribution in [0.1, 0.15) is 27.1 Å². The van der Waals surface area contributed by atoms with Crippen LogP contribution < -0.4 is 10.5 Å². The molecular weight excluding hydrogens is 270 g/mol. The number of imide groups is 1. The summed E-state index contributed by atoms with van der Waals surface area (Å²) in [5.41, 5.74) is 3.18. The van der Waals surface area contributed by atoms with Crippen LogP contribution in [0.4, 0.5) is 5.00 Å². The third-order valence-electron chi connectivity index (χ3n) is 3.06. The zero-order chi connectivity index (χ0) is 13.6. The second-order valence-corrected chi connectivity index (χ2v) is 5.36. The van der Waals surface area contributed by atoms with Gasteiger partial charge in [-0.3, -0.25) is 19.3 Å². The average molecular weight is 283 g/mol. The van der Waals surface area contributed by atoms with Crippen LogP contribution >= 0.6 is 11.3 Å². The maximum atomic E-state index is 12.4. The fraction of sp³-hybridized carbons (Fsp3) is 0.455. The number of hydrogen-bond acceptors (Lipinski definition) is 7. The Kier molecular flexibility index (Phi) is 3.02. The first-order valence-corrected chi connectivity index (χ1v) is 6.68. The zero-order valence-electron chi connectivity index (χ0n) is 10.5. The molecule has 0 aromatic carbocycles. The lowest BCUT2D eigenvalue weighted by molar-refractivity contribution is -0.259. The Morgan fingerprint density at radius 2 is 2.21 bits per heavy atom. The monoisotopic (exact) mass is 283 g/mol. The van der Waals surface area contributed by atoms with Crippen molar-refractivity contribution in [3.8, 4) is 0 Å². The van der Waals surface area contributed by atoms with Gasteiger partial charge in [0, 0.05) is 25.9 Å². The molecule has 102 valence electrons. The Hall–Kier alpha value is -1.48. The van der Waals surface area contributed by atoms with Crippen LogP contribution in [0.3, 0.4) is 0 Å². The quantitative estimate of drug-likeness (QED) is 0.801. The molecule has 1 unspecified atom stereocenters. The van der Waals surface area contributed by atoms with Crippen molar-refractivity contribution in [2.75, 3.05) is 25.6 Å². The summed E-state index contributed by atoms with van der Waals surface area (Å²) in [5, 5.41) is 2.51. The van der Waals surface area contributed by atoms with E-state index in [4.69, 9.17) is 9.68 Å². The van der Waals surface area contributed by atoms with Crippen molar-refractivity contribution < 1.29 is 19.3 Å². The largest absolute Gasteiger partial charge is 0.369 e. The second kappa shape index (κ2) is 4.57. The van der Waals surface area contributed by atoms with Gasteiger partial charge in [0.1, 0.15) is 5.00 Å². The Morgan fingerprint density at radius 3 is 2.84 bits per heavy atom. The Morgan fingerprint density at radius 1 is 1.42 bits per heavy atom. The first-order chi connectivity index (χ1) is 9.11. The van der Waals surface area contributed by atoms with Gasteiger partial charge >= 0.3 is 0 Å². The number of nitrogens with one attached hydrogen (secondary N) is 1. The smallest absolute Gasteiger partial charge is 0.266 e. The first-order valence-electron chi connectivity index (χ1n) is 5.80. The minimum absolute atomic E-state index is 0.307. The predicted molar refractivity (Wildman–Crippen MR) is 67.7 cm³/mol. The molecule has 1 atom stereocenters. The van der Waals surface area contributed by atoms with Gasteiger partial charge in [-0.2, -0.15) is 0 Å². The minimum Gasteiger partial charge on any atom is -0.369 e. The molecule has 0 saturated carbocycles. The topological polar surface area (TPSA) is 71.1 Å². The number of hydrogen-bond donors (Lipinski definition) is 1. The number of thiophene rings is 1. The van der Waals surface area contributed by atoms with E-state index in [0.29, 0.717) is 24.2 Å². The van der Waals surface area contributed by atoms with Crippen molar-refractivity contribution in [1.82, 2.24) is 10.5 Å². The summed E-state index contributed by atoms with van der Waals surface area (Å²) in [4.78, 5) is 37.6. The second-order valence-electron chi connectivity index (χ2n) is 4.50. The molecule has 1 saturated heterocycles. The number of amides is 2. The number of fused-ring (bicyclic) bond motifs is 1. The Labute approximate surface area is 113 Å². The van der Waals surface area contributed by atoms with E-state index in [2.05, 4.69) is 5.64 Å². The molecule has 0 bridgehead atoms. The maximum Gasteiger partial charge on any atom is 0.266 e. The molecule has 3 heterocycles. The first kappa shape index (κ1) is 12.5. The van der Waals surface area contributed by atoms with Crippen LogP contribution in [0, 0.1) is 0 Å². The van der Waals surface area contributed by atoms with Gasteiger partial charge in [-0.25, -0.2) is 4.90 Å². The van der Waals surface area contributed by atoms with E-state index >= 15 is 0 Å². The minimum atomic E-state index is -0.624. The zero-order valence-corrected chi connectivity index (χ0v) is 11.3. The highest BCUT2D eigenvalue weighted by molar-refractivity contribution is 7.15. The molecule has 2 aliphatic heterocycles. The maximum absolute atomic E-state index is 12.4.